The van der Waals surface area contributed by atoms with Crippen molar-refractivity contribution in [1.82, 2.24) is 4.67 Å². The highest BCUT2D eigenvalue weighted by atomic mass is 33.1. The van der Waals surface area contributed by atoms with Crippen molar-refractivity contribution in [3.05, 3.63) is 0 Å². The number of rotatable bonds is 22. The Bertz CT molecular complexity index is 1240. The fraction of sp³-hybridized carbons (Fsp3) is 0.927. The first-order valence-electron chi connectivity index (χ1n) is 22.2. The van der Waals surface area contributed by atoms with Crippen molar-refractivity contribution in [2.45, 2.75) is 208 Å². The number of nitrogens with zero attached hydrogens (tertiary/aromatic N) is 2. The average molecular weight is 984 g/mol. The maximum atomic E-state index is 11.7. The fourth-order valence-corrected chi connectivity index (χ4v) is 9.88. The number of hydrogen-bond acceptors (Lipinski definition) is 18. The van der Waals surface area contributed by atoms with Gasteiger partial charge < -0.3 is 62.5 Å². The Morgan fingerprint density at radius 1 is 0.937 bits per heavy atom. The lowest BCUT2D eigenvalue weighted by Gasteiger charge is -2.38. The molecule has 2 rings (SSSR count). The van der Waals surface area contributed by atoms with Gasteiger partial charge in [-0.05, 0) is 54.5 Å². The van der Waals surface area contributed by atoms with Crippen LogP contribution in [0.25, 0.3) is 0 Å². The van der Waals surface area contributed by atoms with E-state index in [9.17, 15) is 9.59 Å². The summed E-state index contributed by atoms with van der Waals surface area (Å²) in [5.41, 5.74) is 5.37. The zero-order chi connectivity index (χ0) is 50.9. The van der Waals surface area contributed by atoms with E-state index >= 15 is 0 Å². The van der Waals surface area contributed by atoms with Crippen LogP contribution in [0, 0.1) is 11.3 Å². The van der Waals surface area contributed by atoms with E-state index in [1.165, 1.54) is 21.1 Å². The van der Waals surface area contributed by atoms with Crippen molar-refractivity contribution in [3.63, 3.8) is 0 Å². The Labute approximate surface area is 402 Å². The molecule has 0 spiro atoms. The van der Waals surface area contributed by atoms with E-state index in [0.717, 1.165) is 0 Å². The van der Waals surface area contributed by atoms with Crippen molar-refractivity contribution in [2.24, 2.45) is 5.73 Å². The van der Waals surface area contributed by atoms with Crippen molar-refractivity contribution < 1.29 is 64.3 Å². The lowest BCUT2D eigenvalue weighted by Crippen LogP contribution is -2.40. The predicted molar refractivity (Wildman–Crippen MR) is 264 cm³/mol. The van der Waals surface area contributed by atoms with Crippen molar-refractivity contribution in [2.75, 3.05) is 40.7 Å². The van der Waals surface area contributed by atoms with Gasteiger partial charge in [-0.1, -0.05) is 84.9 Å². The van der Waals surface area contributed by atoms with Gasteiger partial charge in [0, 0.05) is 65.0 Å². The number of carbonyl (C=O) groups excluding carboxylic acids is 2. The average Bonchev–Trinajstić information content (AvgIpc) is 3.67. The third kappa shape index (κ3) is 33.1. The standard InChI is InChI=1S/C20H34BN2O7P.C14H28BO4PS2.C3H9N.2CH4O.2CH4/c1-13(2)23(14(3)4)31(28-11-7-10-22)30-18-16(6)29-20(21)19(18)27-12-26-17(25)9-8-15(5)24;1-9(2)20(16-7)19-11-10(3)18-13(15)12(11)17-8-21-22-14(4,5)6;1-3(2)4;2*1-2;;/h13-14,16,18-20H,7-9,11-12H2,1-6H3;9-13H,8H2,1-7H3;3H,4H2,1-2H3;2*2H,1H3;2*1H4/t16-,18?,19+,20-,31?;10-,11?,12+,13-,20?;;;;;/m11...../s1/i6D;3D;;2*2T;;. The molecule has 2 aliphatic rings. The predicted octanol–water partition coefficient (Wildman–Crippen LogP) is 7.83. The summed E-state index contributed by atoms with van der Waals surface area (Å²) < 4.78 is 80.7. The summed E-state index contributed by atoms with van der Waals surface area (Å²) in [6.07, 6.45) is -3.02. The molecule has 2 saturated heterocycles. The summed E-state index contributed by atoms with van der Waals surface area (Å²) in [6.45, 7) is 23.7. The monoisotopic (exact) mass is 984 g/mol. The maximum Gasteiger partial charge on any atom is 0.308 e. The zero-order valence-corrected chi connectivity index (χ0v) is 42.7. The molecule has 2 heterocycles. The number of ketones is 1. The number of Topliss-reactive ketones (excluding diaryl/α,β-unsaturated/α-hetero) is 1. The number of aliphatic hydroxyl groups excluding tert-OH is 2. The highest BCUT2D eigenvalue weighted by Gasteiger charge is 2.45. The number of nitriles is 1. The quantitative estimate of drug-likeness (QED) is 0.0236. The second-order valence-electron chi connectivity index (χ2n) is 15.3. The topological polar surface area (TPSA) is 211 Å². The Balaban J connectivity index is -0.000000320. The summed E-state index contributed by atoms with van der Waals surface area (Å²) in [7, 11) is 17.1. The highest BCUT2D eigenvalue weighted by Crippen LogP contribution is 2.50. The number of aliphatic hydroxyl groups is 2. The molecule has 0 aromatic rings. The molecule has 4 N–H and O–H groups in total. The Morgan fingerprint density at radius 2 is 1.41 bits per heavy atom. The van der Waals surface area contributed by atoms with E-state index in [1.54, 1.807) is 28.7 Å². The minimum absolute atomic E-state index is 0. The third-order valence-corrected chi connectivity index (χ3v) is 13.9. The summed E-state index contributed by atoms with van der Waals surface area (Å²) in [5.74, 6) is -0.165. The lowest BCUT2D eigenvalue weighted by atomic mass is 9.93. The van der Waals surface area contributed by atoms with E-state index in [2.05, 4.69) is 35.7 Å². The fourth-order valence-electron chi connectivity index (χ4n) is 4.88. The van der Waals surface area contributed by atoms with Crippen LogP contribution in [-0.4, -0.2) is 163 Å². The molecule has 0 saturated carbocycles. The molecule has 2 fully saturated rings. The van der Waals surface area contributed by atoms with Crippen LogP contribution in [0.5, 0.6) is 0 Å². The van der Waals surface area contributed by atoms with Crippen LogP contribution < -0.4 is 5.73 Å². The second-order valence-corrected chi connectivity index (χ2v) is 22.0. The normalized spacial score (nSPS) is 24.4. The van der Waals surface area contributed by atoms with Crippen LogP contribution in [0.1, 0.15) is 134 Å². The van der Waals surface area contributed by atoms with Gasteiger partial charge in [-0.15, -0.1) is 0 Å². The van der Waals surface area contributed by atoms with Crippen LogP contribution in [-0.2, 0) is 51.4 Å². The molecule has 0 aliphatic carbocycles. The first kappa shape index (κ1) is 62.8. The van der Waals surface area contributed by atoms with Gasteiger partial charge in [0.1, 0.15) is 51.8 Å². The van der Waals surface area contributed by atoms with Crippen LogP contribution in [0.4, 0.5) is 0 Å². The van der Waals surface area contributed by atoms with Gasteiger partial charge in [-0.2, -0.15) is 5.26 Å². The molecule has 4 radical (unpaired) electrons. The Hall–Kier alpha value is -0.160. The van der Waals surface area contributed by atoms with Crippen LogP contribution in [0.3, 0.4) is 0 Å². The van der Waals surface area contributed by atoms with Gasteiger partial charge in [-0.3, -0.25) is 4.79 Å². The largest absolute Gasteiger partial charge is 0.438 e. The van der Waals surface area contributed by atoms with Gasteiger partial charge in [-0.25, -0.2) is 4.67 Å². The molecule has 0 bridgehead atoms. The summed E-state index contributed by atoms with van der Waals surface area (Å²) in [6, 6.07) is 1.11. The SMILES string of the molecule is C.C.CC(C)N.[2H]C[C@H]1O[C@@H]([B])[C@@H](OCOC(=O)CCC(C)=O)C1OP(OCCC#N)N(C(C)C)C(C)C.[2H]C[C@H]1O[C@@H]([B])[C@@H](OCSSC(C)(C)C)C1OP(OC)C(C)C.[3H]OC.[3H]OC. The molecule has 16 nitrogen and oxygen atoms in total. The van der Waals surface area contributed by atoms with E-state index in [1.807, 2.05) is 61.5 Å². The van der Waals surface area contributed by atoms with E-state index in [0.29, 0.717) is 12.0 Å². The molecule has 10 atom stereocenters. The number of ether oxygens (including phenoxy) is 5. The second kappa shape index (κ2) is 40.9. The summed E-state index contributed by atoms with van der Waals surface area (Å²) >= 11 is 0. The van der Waals surface area contributed by atoms with Gasteiger partial charge in [0.25, 0.3) is 8.53 Å². The van der Waals surface area contributed by atoms with E-state index in [4.69, 9.17) is 74.1 Å². The lowest BCUT2D eigenvalue weighted by molar-refractivity contribution is -0.165. The number of esters is 1. The molecule has 0 aromatic carbocycles. The maximum absolute atomic E-state index is 11.7. The summed E-state index contributed by atoms with van der Waals surface area (Å²) in [4.78, 5) is 22.7. The number of carbonyl (C=O) groups is 2. The first-order chi connectivity index (χ1) is 30.4. The van der Waals surface area contributed by atoms with Crippen LogP contribution in [0.2, 0.25) is 0 Å². The van der Waals surface area contributed by atoms with Gasteiger partial charge >= 0.3 is 5.97 Å². The molecular formula is C41H87B2N3O13P2S2. The molecule has 2 aliphatic heterocycles. The smallest absolute Gasteiger partial charge is 0.308 e. The molecular weight excluding hydrogens is 890 g/mol. The van der Waals surface area contributed by atoms with Crippen LogP contribution in [0.15, 0.2) is 0 Å². The molecule has 0 amide bonds. The first-order valence-corrected chi connectivity index (χ1v) is 24.7. The van der Waals surface area contributed by atoms with Gasteiger partial charge in [0.15, 0.2) is 15.2 Å². The zero-order valence-electron chi connectivity index (χ0n) is 43.2. The van der Waals surface area contributed by atoms with Gasteiger partial charge in [0.05, 0.1) is 37.7 Å². The van der Waals surface area contributed by atoms with Crippen molar-refractivity contribution in [1.29, 1.82) is 8.12 Å². The molecule has 63 heavy (non-hydrogen) atoms. The van der Waals surface area contributed by atoms with Crippen molar-refractivity contribution >= 4 is 65.9 Å². The third-order valence-electron chi connectivity index (χ3n) is 7.17. The highest BCUT2D eigenvalue weighted by molar-refractivity contribution is 8.77. The molecule has 0 aromatic heterocycles. The Kier molecular flexibility index (Phi) is 40.8. The van der Waals surface area contributed by atoms with Crippen LogP contribution >= 0.6 is 38.5 Å². The minimum Gasteiger partial charge on any atom is -0.438 e. The molecule has 4 unspecified atom stereocenters. The van der Waals surface area contributed by atoms with E-state index < -0.39 is 53.2 Å². The minimum atomic E-state index is -1.61. The molecule has 22 heteroatoms. The number of nitrogens with two attached hydrogens (primary N) is 1. The van der Waals surface area contributed by atoms with E-state index in [-0.39, 0.29) is 108 Å². The number of hydrogen-bond donors (Lipinski definition) is 3. The van der Waals surface area contributed by atoms with Crippen molar-refractivity contribution in [3.8, 4) is 6.07 Å². The molecule has 372 valence electrons. The summed E-state index contributed by atoms with van der Waals surface area (Å²) in [5, 5.41) is 15.9. The Morgan fingerprint density at radius 3 is 1.81 bits per heavy atom. The van der Waals surface area contributed by atoms with Gasteiger partial charge in [0.2, 0.25) is 2.86 Å².